The van der Waals surface area contributed by atoms with Crippen molar-refractivity contribution in [3.8, 4) is 5.75 Å². The van der Waals surface area contributed by atoms with Gasteiger partial charge in [-0.2, -0.15) is 4.98 Å². The van der Waals surface area contributed by atoms with Gasteiger partial charge in [0, 0.05) is 12.1 Å². The Bertz CT molecular complexity index is 1020. The maximum Gasteiger partial charge on any atom is 0.252 e. The predicted molar refractivity (Wildman–Crippen MR) is 114 cm³/mol. The number of carbonyl (C=O) groups is 1. The van der Waals surface area contributed by atoms with E-state index in [-0.39, 0.29) is 30.5 Å². The van der Waals surface area contributed by atoms with Crippen LogP contribution in [0, 0.1) is 0 Å². The van der Waals surface area contributed by atoms with Gasteiger partial charge in [-0.05, 0) is 41.8 Å². The lowest BCUT2D eigenvalue weighted by Gasteiger charge is -2.31. The molecule has 0 bridgehead atoms. The summed E-state index contributed by atoms with van der Waals surface area (Å²) < 4.78 is 11.9. The summed E-state index contributed by atoms with van der Waals surface area (Å²) in [4.78, 5) is 16.4. The van der Waals surface area contributed by atoms with Crippen LogP contribution in [-0.4, -0.2) is 41.5 Å². The van der Waals surface area contributed by atoms with Gasteiger partial charge in [-0.3, -0.25) is 10.1 Å². The number of benzene rings is 2. The quantitative estimate of drug-likeness (QED) is 0.623. The number of anilines is 2. The maximum atomic E-state index is 11.9. The Morgan fingerprint density at radius 2 is 1.87 bits per heavy atom. The lowest BCUT2D eigenvalue weighted by molar-refractivity contribution is -0.119. The Labute approximate surface area is 179 Å². The van der Waals surface area contributed by atoms with E-state index in [1.807, 2.05) is 48.5 Å². The second-order valence-corrected chi connectivity index (χ2v) is 7.39. The number of nitrogens with one attached hydrogen (secondary N) is 2. The van der Waals surface area contributed by atoms with Crippen LogP contribution in [0.15, 0.2) is 48.5 Å². The zero-order valence-electron chi connectivity index (χ0n) is 16.6. The topological polar surface area (TPSA) is 90.3 Å². The van der Waals surface area contributed by atoms with Gasteiger partial charge in [0.25, 0.3) is 11.9 Å². The number of methoxy groups -OCH3 is 2. The molecule has 2 heterocycles. The van der Waals surface area contributed by atoms with Crippen LogP contribution in [0.3, 0.4) is 0 Å². The molecule has 0 saturated heterocycles. The maximum absolute atomic E-state index is 11.9. The summed E-state index contributed by atoms with van der Waals surface area (Å²) in [5.74, 6) is 1.29. The van der Waals surface area contributed by atoms with Gasteiger partial charge in [0.05, 0.1) is 19.2 Å². The van der Waals surface area contributed by atoms with Crippen molar-refractivity contribution < 1.29 is 14.3 Å². The van der Waals surface area contributed by atoms with E-state index in [0.29, 0.717) is 11.0 Å². The third kappa shape index (κ3) is 4.24. The van der Waals surface area contributed by atoms with Crippen molar-refractivity contribution in [1.29, 1.82) is 0 Å². The molecule has 0 aliphatic carbocycles. The first-order chi connectivity index (χ1) is 14.6. The molecule has 2 atom stereocenters. The lowest BCUT2D eigenvalue weighted by Crippen LogP contribution is -2.28. The molecule has 1 amide bonds. The number of fused-ring (bicyclic) bond motifs is 1. The highest BCUT2D eigenvalue weighted by atomic mass is 35.5. The van der Waals surface area contributed by atoms with Crippen LogP contribution >= 0.6 is 11.6 Å². The normalized spacial score (nSPS) is 17.7. The standard InChI is InChI=1S/C21H22ClN5O3/c1-29-12-19(28)24-20-25-21-23-17(13-3-7-15(22)8-4-13)11-18(27(21)26-20)14-5-9-16(30-2)10-6-14/h3-10,17-18H,11-12H2,1-2H3,(H2,23,24,25,26,28). The molecule has 3 aromatic rings. The number of amides is 1. The van der Waals surface area contributed by atoms with Crippen molar-refractivity contribution >= 4 is 29.4 Å². The van der Waals surface area contributed by atoms with E-state index >= 15 is 0 Å². The summed E-state index contributed by atoms with van der Waals surface area (Å²) in [5, 5.41) is 11.3. The fourth-order valence-electron chi connectivity index (χ4n) is 3.54. The number of aromatic nitrogens is 3. The average molecular weight is 428 g/mol. The van der Waals surface area contributed by atoms with E-state index in [2.05, 4.69) is 20.7 Å². The third-order valence-electron chi connectivity index (χ3n) is 4.99. The summed E-state index contributed by atoms with van der Waals surface area (Å²) in [5.41, 5.74) is 2.16. The van der Waals surface area contributed by atoms with Crippen LogP contribution in [0.1, 0.15) is 29.6 Å². The molecule has 0 fully saturated rings. The van der Waals surface area contributed by atoms with Crippen LogP contribution < -0.4 is 15.4 Å². The minimum atomic E-state index is -0.310. The molecular formula is C21H22ClN5O3. The average Bonchev–Trinajstić information content (AvgIpc) is 3.16. The number of carbonyl (C=O) groups excluding carboxylic acids is 1. The second kappa shape index (κ2) is 8.73. The Hall–Kier alpha value is -3.10. The molecule has 2 aromatic carbocycles. The molecule has 1 aromatic heterocycles. The Morgan fingerprint density at radius 1 is 1.17 bits per heavy atom. The minimum absolute atomic E-state index is 0.00796. The van der Waals surface area contributed by atoms with Gasteiger partial charge in [-0.1, -0.05) is 35.9 Å². The highest BCUT2D eigenvalue weighted by molar-refractivity contribution is 6.30. The lowest BCUT2D eigenvalue weighted by atomic mass is 9.93. The van der Waals surface area contributed by atoms with Crippen LogP contribution in [-0.2, 0) is 9.53 Å². The van der Waals surface area contributed by atoms with Crippen molar-refractivity contribution in [2.75, 3.05) is 31.5 Å². The molecule has 2 unspecified atom stereocenters. The van der Waals surface area contributed by atoms with Gasteiger partial charge in [0.1, 0.15) is 12.4 Å². The van der Waals surface area contributed by atoms with Gasteiger partial charge < -0.3 is 14.8 Å². The largest absolute Gasteiger partial charge is 0.497 e. The van der Waals surface area contributed by atoms with Gasteiger partial charge in [0.15, 0.2) is 0 Å². The molecule has 1 aliphatic rings. The molecule has 8 nitrogen and oxygen atoms in total. The van der Waals surface area contributed by atoms with Crippen molar-refractivity contribution in [3.05, 3.63) is 64.7 Å². The fourth-order valence-corrected chi connectivity index (χ4v) is 3.67. The number of hydrogen-bond acceptors (Lipinski definition) is 6. The third-order valence-corrected chi connectivity index (χ3v) is 5.24. The van der Waals surface area contributed by atoms with E-state index in [0.717, 1.165) is 23.3 Å². The number of ether oxygens (including phenoxy) is 2. The Morgan fingerprint density at radius 3 is 2.53 bits per heavy atom. The molecule has 0 spiro atoms. The van der Waals surface area contributed by atoms with Gasteiger partial charge in [-0.15, -0.1) is 5.10 Å². The number of rotatable bonds is 6. The van der Waals surface area contributed by atoms with Crippen LogP contribution in [0.4, 0.5) is 11.9 Å². The fraction of sp³-hybridized carbons (Fsp3) is 0.286. The van der Waals surface area contributed by atoms with Gasteiger partial charge in [0.2, 0.25) is 5.95 Å². The Kier molecular flexibility index (Phi) is 5.87. The highest BCUT2D eigenvalue weighted by Gasteiger charge is 2.31. The molecule has 9 heteroatoms. The summed E-state index contributed by atoms with van der Waals surface area (Å²) in [7, 11) is 3.10. The molecule has 156 valence electrons. The van der Waals surface area contributed by atoms with Crippen LogP contribution in [0.2, 0.25) is 5.02 Å². The first kappa shape index (κ1) is 20.2. The Balaban J connectivity index is 1.68. The van der Waals surface area contributed by atoms with Crippen LogP contribution in [0.25, 0.3) is 0 Å². The molecule has 0 radical (unpaired) electrons. The van der Waals surface area contributed by atoms with Crippen LogP contribution in [0.5, 0.6) is 5.75 Å². The van der Waals surface area contributed by atoms with E-state index in [1.54, 1.807) is 11.8 Å². The van der Waals surface area contributed by atoms with Gasteiger partial charge in [-0.25, -0.2) is 4.68 Å². The molecule has 1 aliphatic heterocycles. The minimum Gasteiger partial charge on any atom is -0.497 e. The van der Waals surface area contributed by atoms with E-state index < -0.39 is 0 Å². The van der Waals surface area contributed by atoms with E-state index in [9.17, 15) is 4.79 Å². The van der Waals surface area contributed by atoms with Crippen molar-refractivity contribution in [3.63, 3.8) is 0 Å². The van der Waals surface area contributed by atoms with E-state index in [1.165, 1.54) is 7.11 Å². The molecule has 30 heavy (non-hydrogen) atoms. The molecule has 0 saturated carbocycles. The number of halogens is 1. The zero-order chi connectivity index (χ0) is 21.1. The summed E-state index contributed by atoms with van der Waals surface area (Å²) in [6.07, 6.45) is 0.746. The second-order valence-electron chi connectivity index (χ2n) is 6.96. The number of nitrogens with zero attached hydrogens (tertiary/aromatic N) is 3. The first-order valence-corrected chi connectivity index (χ1v) is 9.86. The molecule has 4 rings (SSSR count). The van der Waals surface area contributed by atoms with Crippen molar-refractivity contribution in [2.45, 2.75) is 18.5 Å². The monoisotopic (exact) mass is 427 g/mol. The molecule has 2 N–H and O–H groups in total. The highest BCUT2D eigenvalue weighted by Crippen LogP contribution is 2.38. The van der Waals surface area contributed by atoms with Gasteiger partial charge >= 0.3 is 0 Å². The first-order valence-electron chi connectivity index (χ1n) is 9.48. The summed E-state index contributed by atoms with van der Waals surface area (Å²) in [6, 6.07) is 15.6. The van der Waals surface area contributed by atoms with Crippen molar-refractivity contribution in [1.82, 2.24) is 14.8 Å². The summed E-state index contributed by atoms with van der Waals surface area (Å²) in [6.45, 7) is -0.0629. The van der Waals surface area contributed by atoms with Crippen molar-refractivity contribution in [2.24, 2.45) is 0 Å². The predicted octanol–water partition coefficient (Wildman–Crippen LogP) is 3.67. The zero-order valence-corrected chi connectivity index (χ0v) is 17.4. The SMILES string of the molecule is COCC(=O)Nc1nc2n(n1)C(c1ccc(OC)cc1)CC(c1ccc(Cl)cc1)N2. The summed E-state index contributed by atoms with van der Waals surface area (Å²) >= 11 is 6.05. The van der Waals surface area contributed by atoms with E-state index in [4.69, 9.17) is 21.1 Å². The molecular weight excluding hydrogens is 406 g/mol. The smallest absolute Gasteiger partial charge is 0.252 e. The number of hydrogen-bond donors (Lipinski definition) is 2.